The molecule has 150 valence electrons. The lowest BCUT2D eigenvalue weighted by atomic mass is 10.2. The first-order valence-electron chi connectivity index (χ1n) is 9.16. The van der Waals surface area contributed by atoms with Crippen LogP contribution in [0.5, 0.6) is 0 Å². The summed E-state index contributed by atoms with van der Waals surface area (Å²) in [6.07, 6.45) is 1.69. The molecule has 0 unspecified atom stereocenters. The molecule has 0 amide bonds. The Hall–Kier alpha value is -2.23. The Morgan fingerprint density at radius 2 is 1.82 bits per heavy atom. The summed E-state index contributed by atoms with van der Waals surface area (Å²) < 4.78 is 56.3. The summed E-state index contributed by atoms with van der Waals surface area (Å²) in [7, 11) is -4.17. The van der Waals surface area contributed by atoms with Gasteiger partial charge in [0, 0.05) is 25.2 Å². The van der Waals surface area contributed by atoms with Gasteiger partial charge < -0.3 is 10.4 Å². The van der Waals surface area contributed by atoms with Crippen LogP contribution in [0, 0.1) is 11.6 Å². The van der Waals surface area contributed by atoms with Gasteiger partial charge in [-0.2, -0.15) is 8.42 Å². The minimum atomic E-state index is -4.17. The zero-order chi connectivity index (χ0) is 19.9. The highest BCUT2D eigenvalue weighted by Crippen LogP contribution is 2.46. The summed E-state index contributed by atoms with van der Waals surface area (Å²) in [5.74, 6) is -1.57. The largest absolute Gasteiger partial charge is 0.392 e. The fraction of sp³-hybridized carbons (Fsp3) is 0.368. The Morgan fingerprint density at radius 3 is 2.54 bits per heavy atom. The van der Waals surface area contributed by atoms with Crippen molar-refractivity contribution in [3.8, 4) is 0 Å². The standard InChI is InChI=1S/C19H21F2N3O3S/c20-13-5-8-16(21)19(11-13)24-18-4-2-1-3-17(18)23(28(24,26)27)10-9-15(25)12-22-14-6-7-14/h1-5,8,11,14-15,22,25H,6-7,9-10,12H2/t15-/m0/s1. The van der Waals surface area contributed by atoms with Gasteiger partial charge in [-0.25, -0.2) is 13.1 Å². The molecule has 28 heavy (non-hydrogen) atoms. The second-order valence-corrected chi connectivity index (χ2v) is 8.76. The molecular formula is C19H21F2N3O3S. The van der Waals surface area contributed by atoms with Crippen LogP contribution in [0.25, 0.3) is 0 Å². The van der Waals surface area contributed by atoms with Gasteiger partial charge >= 0.3 is 10.2 Å². The van der Waals surface area contributed by atoms with E-state index in [0.29, 0.717) is 18.3 Å². The van der Waals surface area contributed by atoms with Crippen molar-refractivity contribution in [2.24, 2.45) is 0 Å². The number of anilines is 3. The van der Waals surface area contributed by atoms with Crippen molar-refractivity contribution >= 4 is 27.3 Å². The van der Waals surface area contributed by atoms with Crippen LogP contribution in [0.15, 0.2) is 42.5 Å². The summed E-state index contributed by atoms with van der Waals surface area (Å²) >= 11 is 0. The van der Waals surface area contributed by atoms with E-state index in [4.69, 9.17) is 0 Å². The normalized spacial score (nSPS) is 19.0. The van der Waals surface area contributed by atoms with Gasteiger partial charge in [-0.15, -0.1) is 0 Å². The highest BCUT2D eigenvalue weighted by molar-refractivity contribution is 7.95. The first kappa shape index (κ1) is 19.1. The molecule has 1 heterocycles. The van der Waals surface area contributed by atoms with Gasteiger partial charge in [0.05, 0.1) is 23.2 Å². The smallest absolute Gasteiger partial charge is 0.331 e. The summed E-state index contributed by atoms with van der Waals surface area (Å²) in [6.45, 7) is 0.419. The number of halogens is 2. The fourth-order valence-electron chi connectivity index (χ4n) is 3.28. The molecule has 1 aliphatic carbocycles. The van der Waals surface area contributed by atoms with E-state index in [1.165, 1.54) is 0 Å². The highest BCUT2D eigenvalue weighted by atomic mass is 32.2. The molecule has 0 spiro atoms. The summed E-state index contributed by atoms with van der Waals surface area (Å²) in [5.41, 5.74) is 0.247. The number of hydrogen-bond donors (Lipinski definition) is 2. The zero-order valence-electron chi connectivity index (χ0n) is 15.1. The molecule has 1 fully saturated rings. The van der Waals surface area contributed by atoms with E-state index < -0.39 is 27.9 Å². The van der Waals surface area contributed by atoms with E-state index in [-0.39, 0.29) is 24.3 Å². The Bertz CT molecular complexity index is 982. The monoisotopic (exact) mass is 409 g/mol. The number of aliphatic hydroxyl groups excluding tert-OH is 1. The van der Waals surface area contributed by atoms with Crippen molar-refractivity contribution < 1.29 is 22.3 Å². The first-order chi connectivity index (χ1) is 13.4. The van der Waals surface area contributed by atoms with Crippen molar-refractivity contribution in [3.63, 3.8) is 0 Å². The minimum Gasteiger partial charge on any atom is -0.392 e. The lowest BCUT2D eigenvalue weighted by Gasteiger charge is -2.23. The van der Waals surface area contributed by atoms with Crippen LogP contribution in [-0.2, 0) is 10.2 Å². The summed E-state index contributed by atoms with van der Waals surface area (Å²) in [6, 6.07) is 9.61. The topological polar surface area (TPSA) is 72.9 Å². The van der Waals surface area contributed by atoms with Crippen molar-refractivity contribution in [2.45, 2.75) is 31.4 Å². The summed E-state index contributed by atoms with van der Waals surface area (Å²) in [4.78, 5) is 0. The number of fused-ring (bicyclic) bond motifs is 1. The highest BCUT2D eigenvalue weighted by Gasteiger charge is 2.42. The van der Waals surface area contributed by atoms with Gasteiger partial charge in [0.1, 0.15) is 11.6 Å². The van der Waals surface area contributed by atoms with Crippen LogP contribution < -0.4 is 13.9 Å². The Labute approximate surface area is 162 Å². The Balaban J connectivity index is 1.62. The van der Waals surface area contributed by atoms with Crippen LogP contribution in [0.1, 0.15) is 19.3 Å². The second kappa shape index (κ2) is 7.31. The maximum atomic E-state index is 14.3. The molecule has 6 nitrogen and oxygen atoms in total. The van der Waals surface area contributed by atoms with E-state index in [9.17, 15) is 22.3 Å². The molecular weight excluding hydrogens is 388 g/mol. The number of nitrogens with zero attached hydrogens (tertiary/aromatic N) is 2. The molecule has 2 aromatic carbocycles. The molecule has 2 N–H and O–H groups in total. The van der Waals surface area contributed by atoms with Crippen LogP contribution in [0.4, 0.5) is 25.8 Å². The molecule has 0 radical (unpaired) electrons. The fourth-order valence-corrected chi connectivity index (χ4v) is 5.01. The van der Waals surface area contributed by atoms with Gasteiger partial charge in [0.2, 0.25) is 0 Å². The number of nitrogens with one attached hydrogen (secondary N) is 1. The van der Waals surface area contributed by atoms with E-state index in [1.807, 2.05) is 0 Å². The van der Waals surface area contributed by atoms with E-state index in [2.05, 4.69) is 5.32 Å². The molecule has 0 bridgehead atoms. The molecule has 1 aliphatic heterocycles. The number of aliphatic hydroxyl groups is 1. The quantitative estimate of drug-likeness (QED) is 0.738. The third-order valence-electron chi connectivity index (χ3n) is 4.89. The third-order valence-corrected chi connectivity index (χ3v) is 6.68. The lowest BCUT2D eigenvalue weighted by molar-refractivity contribution is 0.164. The van der Waals surface area contributed by atoms with Gasteiger partial charge in [-0.05, 0) is 43.5 Å². The number of hydrogen-bond acceptors (Lipinski definition) is 4. The SMILES string of the molecule is O=S1(=O)N(CC[C@H](O)CNC2CC2)c2ccccc2N1c1cc(F)ccc1F. The van der Waals surface area contributed by atoms with E-state index >= 15 is 0 Å². The molecule has 9 heteroatoms. The number of rotatable bonds is 7. The summed E-state index contributed by atoms with van der Waals surface area (Å²) in [5, 5.41) is 13.4. The van der Waals surface area contributed by atoms with Crippen LogP contribution in [-0.4, -0.2) is 38.8 Å². The number of para-hydroxylation sites is 2. The van der Waals surface area contributed by atoms with E-state index in [1.54, 1.807) is 24.3 Å². The second-order valence-electron chi connectivity index (χ2n) is 7.05. The molecule has 0 saturated heterocycles. The zero-order valence-corrected chi connectivity index (χ0v) is 15.9. The van der Waals surface area contributed by atoms with Gasteiger partial charge in [0.25, 0.3) is 0 Å². The molecule has 2 aliphatic rings. The molecule has 1 atom stereocenters. The van der Waals surface area contributed by atoms with Crippen molar-refractivity contribution in [1.29, 1.82) is 0 Å². The van der Waals surface area contributed by atoms with E-state index in [0.717, 1.165) is 39.7 Å². The molecule has 4 rings (SSSR count). The van der Waals surface area contributed by atoms with Crippen molar-refractivity contribution in [1.82, 2.24) is 5.32 Å². The third kappa shape index (κ3) is 3.57. The van der Waals surface area contributed by atoms with Crippen LogP contribution in [0.3, 0.4) is 0 Å². The predicted octanol–water partition coefficient (Wildman–Crippen LogP) is 2.67. The van der Waals surface area contributed by atoms with Crippen molar-refractivity contribution in [3.05, 3.63) is 54.1 Å². The van der Waals surface area contributed by atoms with Crippen LogP contribution >= 0.6 is 0 Å². The Kier molecular flexibility index (Phi) is 4.98. The Morgan fingerprint density at radius 1 is 1.11 bits per heavy atom. The van der Waals surface area contributed by atoms with Gasteiger partial charge in [-0.3, -0.25) is 4.31 Å². The van der Waals surface area contributed by atoms with Crippen LogP contribution in [0.2, 0.25) is 0 Å². The number of benzene rings is 2. The van der Waals surface area contributed by atoms with Crippen molar-refractivity contribution in [2.75, 3.05) is 21.7 Å². The molecule has 2 aromatic rings. The molecule has 0 aromatic heterocycles. The lowest BCUT2D eigenvalue weighted by Crippen LogP contribution is -2.38. The average molecular weight is 409 g/mol. The maximum Gasteiger partial charge on any atom is 0.331 e. The first-order valence-corrected chi connectivity index (χ1v) is 10.6. The van der Waals surface area contributed by atoms with Gasteiger partial charge in [0.15, 0.2) is 0 Å². The van der Waals surface area contributed by atoms with Gasteiger partial charge in [-0.1, -0.05) is 12.1 Å². The average Bonchev–Trinajstić information content (AvgIpc) is 3.45. The minimum absolute atomic E-state index is 0.0281. The maximum absolute atomic E-state index is 14.3. The predicted molar refractivity (Wildman–Crippen MR) is 103 cm³/mol. The molecule has 1 saturated carbocycles.